The van der Waals surface area contributed by atoms with Gasteiger partial charge in [-0.2, -0.15) is 0 Å². The van der Waals surface area contributed by atoms with Crippen LogP contribution in [-0.2, 0) is 4.79 Å². The lowest BCUT2D eigenvalue weighted by atomic mass is 10.0. The fraction of sp³-hybridized carbons (Fsp3) is 0.643. The number of amides is 1. The number of hydrogen-bond donors (Lipinski definition) is 3. The molecule has 0 aliphatic heterocycles. The van der Waals surface area contributed by atoms with Gasteiger partial charge in [0.25, 0.3) is 0 Å². The SMILES string of the molecule is CC(C)CCCC(C)NC(=O)CSc1nc(N)cc(N)n1. The summed E-state index contributed by atoms with van der Waals surface area (Å²) < 4.78 is 0. The molecule has 1 unspecified atom stereocenters. The normalized spacial score (nSPS) is 12.4. The smallest absolute Gasteiger partial charge is 0.230 e. The molecule has 0 aliphatic rings. The molecule has 0 saturated carbocycles. The van der Waals surface area contributed by atoms with Crippen molar-refractivity contribution in [1.29, 1.82) is 0 Å². The highest BCUT2D eigenvalue weighted by Gasteiger charge is 2.10. The zero-order chi connectivity index (χ0) is 15.8. The number of nitrogen functional groups attached to an aromatic ring is 2. The number of carbonyl (C=O) groups is 1. The van der Waals surface area contributed by atoms with E-state index in [-0.39, 0.29) is 17.7 Å². The molecule has 118 valence electrons. The van der Waals surface area contributed by atoms with Crippen LogP contribution >= 0.6 is 11.8 Å². The number of rotatable bonds is 8. The van der Waals surface area contributed by atoms with Crippen molar-refractivity contribution in [3.05, 3.63) is 6.07 Å². The highest BCUT2D eigenvalue weighted by atomic mass is 32.2. The van der Waals surface area contributed by atoms with Crippen molar-refractivity contribution >= 4 is 29.3 Å². The maximum Gasteiger partial charge on any atom is 0.230 e. The van der Waals surface area contributed by atoms with E-state index in [1.807, 2.05) is 6.92 Å². The molecule has 1 aromatic heterocycles. The molecular weight excluding hydrogens is 286 g/mol. The summed E-state index contributed by atoms with van der Waals surface area (Å²) in [7, 11) is 0. The average Bonchev–Trinajstić information content (AvgIpc) is 2.34. The van der Waals surface area contributed by atoms with Crippen LogP contribution in [0.2, 0.25) is 0 Å². The van der Waals surface area contributed by atoms with Gasteiger partial charge < -0.3 is 16.8 Å². The lowest BCUT2D eigenvalue weighted by Gasteiger charge is -2.14. The first-order chi connectivity index (χ1) is 9.86. The molecule has 1 heterocycles. The van der Waals surface area contributed by atoms with Gasteiger partial charge in [-0.3, -0.25) is 4.79 Å². The van der Waals surface area contributed by atoms with Crippen LogP contribution in [0.4, 0.5) is 11.6 Å². The number of nitrogens with zero attached hydrogens (tertiary/aromatic N) is 2. The van der Waals surface area contributed by atoms with E-state index in [2.05, 4.69) is 29.1 Å². The zero-order valence-corrected chi connectivity index (χ0v) is 13.7. The van der Waals surface area contributed by atoms with Gasteiger partial charge in [0.2, 0.25) is 5.91 Å². The molecule has 0 fully saturated rings. The molecule has 0 aromatic carbocycles. The van der Waals surface area contributed by atoms with Crippen molar-refractivity contribution in [3.63, 3.8) is 0 Å². The Kier molecular flexibility index (Phi) is 7.28. The van der Waals surface area contributed by atoms with Gasteiger partial charge >= 0.3 is 0 Å². The Balaban J connectivity index is 2.30. The van der Waals surface area contributed by atoms with Crippen molar-refractivity contribution in [2.45, 2.75) is 51.2 Å². The minimum Gasteiger partial charge on any atom is -0.383 e. The standard InChI is InChI=1S/C14H25N5OS/c1-9(2)5-4-6-10(3)17-13(20)8-21-14-18-11(15)7-12(16)19-14/h7,9-10H,4-6,8H2,1-3H3,(H,17,20)(H4,15,16,18,19). The summed E-state index contributed by atoms with van der Waals surface area (Å²) in [6.07, 6.45) is 3.31. The highest BCUT2D eigenvalue weighted by Crippen LogP contribution is 2.16. The van der Waals surface area contributed by atoms with Crippen molar-refractivity contribution in [2.75, 3.05) is 17.2 Å². The third kappa shape index (κ3) is 7.75. The lowest BCUT2D eigenvalue weighted by Crippen LogP contribution is -2.33. The monoisotopic (exact) mass is 311 g/mol. The summed E-state index contributed by atoms with van der Waals surface area (Å²) in [5.41, 5.74) is 11.2. The van der Waals surface area contributed by atoms with Crippen LogP contribution in [0.15, 0.2) is 11.2 Å². The topological polar surface area (TPSA) is 107 Å². The third-order valence-corrected chi connectivity index (χ3v) is 3.75. The maximum absolute atomic E-state index is 11.8. The quantitative estimate of drug-likeness (QED) is 0.501. The van der Waals surface area contributed by atoms with Gasteiger partial charge in [-0.25, -0.2) is 9.97 Å². The van der Waals surface area contributed by atoms with E-state index in [9.17, 15) is 4.79 Å². The Morgan fingerprint density at radius 2 is 1.86 bits per heavy atom. The molecule has 21 heavy (non-hydrogen) atoms. The summed E-state index contributed by atoms with van der Waals surface area (Å²) in [6.45, 7) is 6.44. The Morgan fingerprint density at radius 1 is 1.24 bits per heavy atom. The highest BCUT2D eigenvalue weighted by molar-refractivity contribution is 7.99. The number of thioether (sulfide) groups is 1. The third-order valence-electron chi connectivity index (χ3n) is 2.90. The van der Waals surface area contributed by atoms with Gasteiger partial charge in [-0.15, -0.1) is 0 Å². The maximum atomic E-state index is 11.8. The van der Waals surface area contributed by atoms with Crippen molar-refractivity contribution < 1.29 is 4.79 Å². The van der Waals surface area contributed by atoms with Crippen LogP contribution in [0.25, 0.3) is 0 Å². The minimum absolute atomic E-state index is 0.0263. The van der Waals surface area contributed by atoms with Crippen molar-refractivity contribution in [1.82, 2.24) is 15.3 Å². The second-order valence-corrected chi connectivity index (χ2v) is 6.52. The van der Waals surface area contributed by atoms with Gasteiger partial charge in [0, 0.05) is 12.1 Å². The lowest BCUT2D eigenvalue weighted by molar-refractivity contribution is -0.119. The number of aromatic nitrogens is 2. The molecule has 1 rings (SSSR count). The van der Waals surface area contributed by atoms with Gasteiger partial charge in [0.05, 0.1) is 5.75 Å². The summed E-state index contributed by atoms with van der Waals surface area (Å²) >= 11 is 1.23. The number of hydrogen-bond acceptors (Lipinski definition) is 6. The van der Waals surface area contributed by atoms with Gasteiger partial charge in [-0.1, -0.05) is 38.5 Å². The predicted molar refractivity (Wildman–Crippen MR) is 87.9 cm³/mol. The van der Waals surface area contributed by atoms with Gasteiger partial charge in [-0.05, 0) is 19.3 Å². The molecule has 0 radical (unpaired) electrons. The fourth-order valence-corrected chi connectivity index (χ4v) is 2.56. The van der Waals surface area contributed by atoms with Gasteiger partial charge in [0.1, 0.15) is 11.6 Å². The molecule has 1 atom stereocenters. The number of anilines is 2. The Labute approximate surface area is 130 Å². The number of nitrogens with one attached hydrogen (secondary N) is 1. The summed E-state index contributed by atoms with van der Waals surface area (Å²) in [4.78, 5) is 19.9. The molecule has 0 spiro atoms. The van der Waals surface area contributed by atoms with Crippen LogP contribution in [0.5, 0.6) is 0 Å². The van der Waals surface area contributed by atoms with Crippen molar-refractivity contribution in [2.24, 2.45) is 5.92 Å². The van der Waals surface area contributed by atoms with Crippen LogP contribution in [0.3, 0.4) is 0 Å². The number of nitrogens with two attached hydrogens (primary N) is 2. The summed E-state index contributed by atoms with van der Waals surface area (Å²) in [5, 5.41) is 3.40. The minimum atomic E-state index is -0.0263. The first-order valence-corrected chi connectivity index (χ1v) is 8.17. The van der Waals surface area contributed by atoms with E-state index >= 15 is 0 Å². The molecule has 0 aliphatic carbocycles. The predicted octanol–water partition coefficient (Wildman–Crippen LogP) is 2.06. The Bertz CT molecular complexity index is 446. The first-order valence-electron chi connectivity index (χ1n) is 7.19. The zero-order valence-electron chi connectivity index (χ0n) is 12.9. The molecule has 1 aromatic rings. The molecule has 5 N–H and O–H groups in total. The molecular formula is C14H25N5OS. The van der Waals surface area contributed by atoms with E-state index < -0.39 is 0 Å². The molecule has 6 nitrogen and oxygen atoms in total. The van der Waals surface area contributed by atoms with Gasteiger partial charge in [0.15, 0.2) is 5.16 Å². The van der Waals surface area contributed by atoms with E-state index in [1.54, 1.807) is 0 Å². The van der Waals surface area contributed by atoms with Crippen LogP contribution in [0, 0.1) is 5.92 Å². The number of carbonyl (C=O) groups excluding carboxylic acids is 1. The van der Waals surface area contributed by atoms with E-state index in [1.165, 1.54) is 24.2 Å². The second kappa shape index (κ2) is 8.71. The second-order valence-electron chi connectivity index (χ2n) is 5.58. The molecule has 1 amide bonds. The molecule has 7 heteroatoms. The summed E-state index contributed by atoms with van der Waals surface area (Å²) in [5.74, 6) is 1.56. The van der Waals surface area contributed by atoms with Crippen molar-refractivity contribution in [3.8, 4) is 0 Å². The summed E-state index contributed by atoms with van der Waals surface area (Å²) in [6, 6.07) is 1.67. The molecule has 0 saturated heterocycles. The van der Waals surface area contributed by atoms with E-state index in [0.717, 1.165) is 12.8 Å². The van der Waals surface area contributed by atoms with Crippen LogP contribution in [-0.4, -0.2) is 27.7 Å². The fourth-order valence-electron chi connectivity index (χ4n) is 1.88. The largest absolute Gasteiger partial charge is 0.383 e. The average molecular weight is 311 g/mol. The van der Waals surface area contributed by atoms with E-state index in [4.69, 9.17) is 11.5 Å². The first kappa shape index (κ1) is 17.6. The Hall–Kier alpha value is -1.50. The van der Waals surface area contributed by atoms with Crippen LogP contribution in [0.1, 0.15) is 40.0 Å². The van der Waals surface area contributed by atoms with E-state index in [0.29, 0.717) is 22.7 Å². The Morgan fingerprint density at radius 3 is 2.43 bits per heavy atom. The molecule has 0 bridgehead atoms. The van der Waals surface area contributed by atoms with Crippen LogP contribution < -0.4 is 16.8 Å².